The topological polar surface area (TPSA) is 33.1 Å². The Labute approximate surface area is 103 Å². The number of hydrogen-bond acceptors (Lipinski definition) is 3. The van der Waals surface area contributed by atoms with E-state index in [9.17, 15) is 9.50 Å². The van der Waals surface area contributed by atoms with Crippen molar-refractivity contribution in [2.24, 2.45) is 0 Å². The van der Waals surface area contributed by atoms with E-state index in [1.807, 2.05) is 6.07 Å². The average molecular weight is 249 g/mol. The second-order valence-corrected chi connectivity index (χ2v) is 5.42. The van der Waals surface area contributed by atoms with Crippen molar-refractivity contribution in [3.05, 3.63) is 51.2 Å². The number of thiophene rings is 1. The molecular formula is C13H12FNOS. The molecule has 0 aromatic carbocycles. The molecule has 0 saturated heterocycles. The molecule has 0 bridgehead atoms. The van der Waals surface area contributed by atoms with Gasteiger partial charge in [0, 0.05) is 21.5 Å². The molecule has 1 atom stereocenters. The number of aryl methyl sites for hydroxylation is 2. The number of aliphatic hydroxyl groups is 1. The summed E-state index contributed by atoms with van der Waals surface area (Å²) in [6.07, 6.45) is 5.14. The van der Waals surface area contributed by atoms with Crippen LogP contribution in [0.5, 0.6) is 0 Å². The van der Waals surface area contributed by atoms with Gasteiger partial charge in [0.2, 0.25) is 0 Å². The highest BCUT2D eigenvalue weighted by Gasteiger charge is 2.21. The first-order chi connectivity index (χ1) is 8.25. The van der Waals surface area contributed by atoms with E-state index in [4.69, 9.17) is 0 Å². The van der Waals surface area contributed by atoms with Crippen LogP contribution in [0.1, 0.15) is 33.4 Å². The zero-order valence-electron chi connectivity index (χ0n) is 9.19. The van der Waals surface area contributed by atoms with Gasteiger partial charge in [-0.25, -0.2) is 4.39 Å². The summed E-state index contributed by atoms with van der Waals surface area (Å²) in [7, 11) is 0. The molecule has 1 unspecified atom stereocenters. The first-order valence-electron chi connectivity index (χ1n) is 5.64. The lowest BCUT2D eigenvalue weighted by Crippen LogP contribution is -2.01. The van der Waals surface area contributed by atoms with Crippen LogP contribution in [0.25, 0.3) is 0 Å². The summed E-state index contributed by atoms with van der Waals surface area (Å²) >= 11 is 1.60. The normalized spacial score (nSPS) is 15.9. The first kappa shape index (κ1) is 10.9. The van der Waals surface area contributed by atoms with E-state index >= 15 is 0 Å². The van der Waals surface area contributed by atoms with Crippen molar-refractivity contribution in [1.29, 1.82) is 0 Å². The summed E-state index contributed by atoms with van der Waals surface area (Å²) in [5.74, 6) is -0.450. The van der Waals surface area contributed by atoms with E-state index in [2.05, 4.69) is 4.98 Å². The number of nitrogens with zero attached hydrogens (tertiary/aromatic N) is 1. The largest absolute Gasteiger partial charge is 0.383 e. The lowest BCUT2D eigenvalue weighted by atomic mass is 10.1. The fourth-order valence-corrected chi connectivity index (χ4v) is 3.51. The van der Waals surface area contributed by atoms with Crippen molar-refractivity contribution < 1.29 is 9.50 Å². The third-order valence-corrected chi connectivity index (χ3v) is 4.42. The summed E-state index contributed by atoms with van der Waals surface area (Å²) in [6, 6.07) is 3.54. The Balaban J connectivity index is 1.96. The number of rotatable bonds is 2. The number of aromatic nitrogens is 1. The summed E-state index contributed by atoms with van der Waals surface area (Å²) in [6.45, 7) is 0. The van der Waals surface area contributed by atoms with Crippen LogP contribution in [0, 0.1) is 5.82 Å². The number of fused-ring (bicyclic) bond motifs is 1. The van der Waals surface area contributed by atoms with Crippen molar-refractivity contribution in [2.45, 2.75) is 25.4 Å². The maximum Gasteiger partial charge on any atom is 0.147 e. The molecule has 1 N–H and O–H groups in total. The Morgan fingerprint density at radius 3 is 3.06 bits per heavy atom. The fraction of sp³-hybridized carbons (Fsp3) is 0.308. The number of hydrogen-bond donors (Lipinski definition) is 1. The van der Waals surface area contributed by atoms with Crippen LogP contribution in [0.15, 0.2) is 24.5 Å². The summed E-state index contributed by atoms with van der Waals surface area (Å²) in [5.41, 5.74) is 1.62. The van der Waals surface area contributed by atoms with Crippen molar-refractivity contribution in [3.8, 4) is 0 Å². The Bertz CT molecular complexity index is 531. The van der Waals surface area contributed by atoms with Gasteiger partial charge in [-0.1, -0.05) is 0 Å². The summed E-state index contributed by atoms with van der Waals surface area (Å²) < 4.78 is 13.5. The maximum atomic E-state index is 13.5. The van der Waals surface area contributed by atoms with Crippen LogP contribution in [-0.4, -0.2) is 10.1 Å². The summed E-state index contributed by atoms with van der Waals surface area (Å²) in [5, 5.41) is 10.2. The molecule has 2 heterocycles. The molecule has 0 amide bonds. The Kier molecular flexibility index (Phi) is 2.68. The van der Waals surface area contributed by atoms with E-state index in [0.29, 0.717) is 5.56 Å². The van der Waals surface area contributed by atoms with Gasteiger partial charge in [-0.15, -0.1) is 11.3 Å². The predicted molar refractivity (Wildman–Crippen MR) is 64.6 cm³/mol. The van der Waals surface area contributed by atoms with E-state index in [1.54, 1.807) is 11.3 Å². The molecule has 0 saturated carbocycles. The lowest BCUT2D eigenvalue weighted by Gasteiger charge is -2.09. The van der Waals surface area contributed by atoms with Crippen LogP contribution in [0.2, 0.25) is 0 Å². The van der Waals surface area contributed by atoms with E-state index in [-0.39, 0.29) is 0 Å². The molecule has 2 aromatic rings. The second kappa shape index (κ2) is 4.20. The van der Waals surface area contributed by atoms with Crippen LogP contribution in [-0.2, 0) is 12.8 Å². The smallest absolute Gasteiger partial charge is 0.147 e. The van der Waals surface area contributed by atoms with Gasteiger partial charge >= 0.3 is 0 Å². The fourth-order valence-electron chi connectivity index (χ4n) is 2.25. The zero-order valence-corrected chi connectivity index (χ0v) is 10.0. The molecule has 0 fully saturated rings. The molecule has 17 heavy (non-hydrogen) atoms. The van der Waals surface area contributed by atoms with Gasteiger partial charge < -0.3 is 5.11 Å². The molecular weight excluding hydrogens is 237 g/mol. The van der Waals surface area contributed by atoms with Crippen molar-refractivity contribution in [1.82, 2.24) is 4.98 Å². The van der Waals surface area contributed by atoms with Crippen LogP contribution >= 0.6 is 11.3 Å². The highest BCUT2D eigenvalue weighted by atomic mass is 32.1. The van der Waals surface area contributed by atoms with Gasteiger partial charge in [-0.05, 0) is 37.0 Å². The zero-order chi connectivity index (χ0) is 11.8. The van der Waals surface area contributed by atoms with Gasteiger partial charge in [0.15, 0.2) is 0 Å². The molecule has 2 nitrogen and oxygen atoms in total. The minimum absolute atomic E-state index is 0.305. The van der Waals surface area contributed by atoms with E-state index in [0.717, 1.165) is 23.9 Å². The standard InChI is InChI=1S/C13H12FNOS/c14-10-7-15-5-4-9(10)13(16)12-6-8-2-1-3-11(8)17-12/h4-7,13,16H,1-3H2. The van der Waals surface area contributed by atoms with Crippen LogP contribution in [0.4, 0.5) is 4.39 Å². The minimum Gasteiger partial charge on any atom is -0.383 e. The SMILES string of the molecule is OC(c1cc2c(s1)CCC2)c1ccncc1F. The van der Waals surface area contributed by atoms with Gasteiger partial charge in [0.1, 0.15) is 11.9 Å². The van der Waals surface area contributed by atoms with Crippen LogP contribution < -0.4 is 0 Å². The van der Waals surface area contributed by atoms with Gasteiger partial charge in [0.05, 0.1) is 6.20 Å². The van der Waals surface area contributed by atoms with Gasteiger partial charge in [-0.2, -0.15) is 0 Å². The van der Waals surface area contributed by atoms with Crippen molar-refractivity contribution >= 4 is 11.3 Å². The van der Waals surface area contributed by atoms with Crippen molar-refractivity contribution in [2.75, 3.05) is 0 Å². The Morgan fingerprint density at radius 2 is 2.29 bits per heavy atom. The third-order valence-electron chi connectivity index (χ3n) is 3.13. The highest BCUT2D eigenvalue weighted by Crippen LogP contribution is 2.36. The van der Waals surface area contributed by atoms with E-state index < -0.39 is 11.9 Å². The molecule has 88 valence electrons. The molecule has 0 radical (unpaired) electrons. The number of pyridine rings is 1. The molecule has 1 aliphatic rings. The molecule has 0 spiro atoms. The molecule has 3 rings (SSSR count). The Hall–Kier alpha value is -1.26. The second-order valence-electron chi connectivity index (χ2n) is 4.25. The maximum absolute atomic E-state index is 13.5. The van der Waals surface area contributed by atoms with E-state index in [1.165, 1.54) is 29.1 Å². The molecule has 0 aliphatic heterocycles. The molecule has 2 aromatic heterocycles. The first-order valence-corrected chi connectivity index (χ1v) is 6.46. The van der Waals surface area contributed by atoms with Gasteiger partial charge in [0.25, 0.3) is 0 Å². The van der Waals surface area contributed by atoms with Crippen LogP contribution in [0.3, 0.4) is 0 Å². The molecule has 4 heteroatoms. The third kappa shape index (κ3) is 1.87. The molecule has 1 aliphatic carbocycles. The quantitative estimate of drug-likeness (QED) is 0.887. The average Bonchev–Trinajstić information content (AvgIpc) is 2.88. The predicted octanol–water partition coefficient (Wildman–Crippen LogP) is 2.85. The number of aliphatic hydroxyl groups excluding tert-OH is 1. The Morgan fingerprint density at radius 1 is 1.41 bits per heavy atom. The highest BCUT2D eigenvalue weighted by molar-refractivity contribution is 7.12. The monoisotopic (exact) mass is 249 g/mol. The summed E-state index contributed by atoms with van der Waals surface area (Å²) in [4.78, 5) is 5.86. The van der Waals surface area contributed by atoms with Gasteiger partial charge in [-0.3, -0.25) is 4.98 Å². The lowest BCUT2D eigenvalue weighted by molar-refractivity contribution is 0.218. The van der Waals surface area contributed by atoms with Crippen molar-refractivity contribution in [3.63, 3.8) is 0 Å². The minimum atomic E-state index is -0.867. The number of halogens is 1.